The molecule has 28 heavy (non-hydrogen) atoms. The molecule has 2 aromatic heterocycles. The standard InChI is InChI=1S/C20H29N5O3/c1-15-3-4-16(28-15)13-25-7-5-18-17(14-25)19(22-23(18)2)20(26)21-6-8-24-9-11-27-12-10-24/h3-4H,5-14H2,1-2H3,(H,21,26). The highest BCUT2D eigenvalue weighted by Crippen LogP contribution is 2.24. The fourth-order valence-electron chi connectivity index (χ4n) is 3.99. The van der Waals surface area contributed by atoms with Crippen LogP contribution in [0.1, 0.15) is 33.3 Å². The Balaban J connectivity index is 1.37. The van der Waals surface area contributed by atoms with Gasteiger partial charge in [-0.25, -0.2) is 0 Å². The quantitative estimate of drug-likeness (QED) is 0.795. The van der Waals surface area contributed by atoms with Crippen LogP contribution in [0.5, 0.6) is 0 Å². The molecule has 8 heteroatoms. The average Bonchev–Trinajstić information content (AvgIpc) is 3.25. The summed E-state index contributed by atoms with van der Waals surface area (Å²) >= 11 is 0. The summed E-state index contributed by atoms with van der Waals surface area (Å²) in [5.74, 6) is 1.80. The van der Waals surface area contributed by atoms with Crippen molar-refractivity contribution in [3.05, 3.63) is 40.6 Å². The number of carbonyl (C=O) groups is 1. The van der Waals surface area contributed by atoms with Crippen molar-refractivity contribution < 1.29 is 13.9 Å². The number of aryl methyl sites for hydroxylation is 2. The number of nitrogens with one attached hydrogen (secondary N) is 1. The Hall–Kier alpha value is -2.16. The number of fused-ring (bicyclic) bond motifs is 1. The molecule has 152 valence electrons. The Morgan fingerprint density at radius 2 is 2.04 bits per heavy atom. The lowest BCUT2D eigenvalue weighted by molar-refractivity contribution is 0.0383. The molecule has 0 aromatic carbocycles. The van der Waals surface area contributed by atoms with Crippen molar-refractivity contribution in [3.63, 3.8) is 0 Å². The largest absolute Gasteiger partial charge is 0.465 e. The van der Waals surface area contributed by atoms with Gasteiger partial charge in [0.15, 0.2) is 5.69 Å². The number of rotatable bonds is 6. The summed E-state index contributed by atoms with van der Waals surface area (Å²) in [7, 11) is 1.93. The van der Waals surface area contributed by atoms with E-state index in [0.29, 0.717) is 12.2 Å². The first-order valence-corrected chi connectivity index (χ1v) is 10.0. The first-order chi connectivity index (χ1) is 13.6. The SMILES string of the molecule is Cc1ccc(CN2CCc3c(c(C(=O)NCCN4CCOCC4)nn3C)C2)o1. The lowest BCUT2D eigenvalue weighted by atomic mass is 10.0. The lowest BCUT2D eigenvalue weighted by Crippen LogP contribution is -2.41. The monoisotopic (exact) mass is 387 g/mol. The summed E-state index contributed by atoms with van der Waals surface area (Å²) in [5.41, 5.74) is 2.76. The average molecular weight is 387 g/mol. The minimum Gasteiger partial charge on any atom is -0.465 e. The Bertz CT molecular complexity index is 822. The first-order valence-electron chi connectivity index (χ1n) is 10.0. The van der Waals surface area contributed by atoms with Gasteiger partial charge in [-0.05, 0) is 19.1 Å². The predicted octanol–water partition coefficient (Wildman–Crippen LogP) is 0.942. The molecule has 2 aliphatic heterocycles. The second kappa shape index (κ2) is 8.46. The summed E-state index contributed by atoms with van der Waals surface area (Å²) < 4.78 is 12.9. The van der Waals surface area contributed by atoms with E-state index in [-0.39, 0.29) is 5.91 Å². The van der Waals surface area contributed by atoms with Crippen molar-refractivity contribution in [2.24, 2.45) is 7.05 Å². The van der Waals surface area contributed by atoms with E-state index in [9.17, 15) is 4.79 Å². The molecule has 8 nitrogen and oxygen atoms in total. The second-order valence-corrected chi connectivity index (χ2v) is 7.58. The van der Waals surface area contributed by atoms with E-state index in [1.807, 2.05) is 30.8 Å². The van der Waals surface area contributed by atoms with E-state index in [4.69, 9.17) is 9.15 Å². The second-order valence-electron chi connectivity index (χ2n) is 7.58. The van der Waals surface area contributed by atoms with Crippen LogP contribution in [0.3, 0.4) is 0 Å². The molecule has 4 rings (SSSR count). The van der Waals surface area contributed by atoms with E-state index in [1.165, 1.54) is 0 Å². The van der Waals surface area contributed by atoms with Gasteiger partial charge < -0.3 is 14.5 Å². The summed E-state index contributed by atoms with van der Waals surface area (Å²) in [6, 6.07) is 4.01. The zero-order valence-corrected chi connectivity index (χ0v) is 16.7. The van der Waals surface area contributed by atoms with Crippen molar-refractivity contribution in [2.75, 3.05) is 45.9 Å². The van der Waals surface area contributed by atoms with Crippen LogP contribution < -0.4 is 5.32 Å². The normalized spacial score (nSPS) is 18.2. The van der Waals surface area contributed by atoms with Crippen LogP contribution in [0.25, 0.3) is 0 Å². The molecule has 0 aliphatic carbocycles. The van der Waals surface area contributed by atoms with Crippen LogP contribution in [0.2, 0.25) is 0 Å². The third-order valence-electron chi connectivity index (χ3n) is 5.53. The number of ether oxygens (including phenoxy) is 1. The maximum atomic E-state index is 12.8. The number of hydrogen-bond acceptors (Lipinski definition) is 6. The van der Waals surface area contributed by atoms with Gasteiger partial charge in [-0.1, -0.05) is 0 Å². The molecule has 2 aromatic rings. The van der Waals surface area contributed by atoms with E-state index in [0.717, 1.165) is 81.7 Å². The minimum atomic E-state index is -0.0826. The minimum absolute atomic E-state index is 0.0826. The van der Waals surface area contributed by atoms with Gasteiger partial charge in [0.2, 0.25) is 0 Å². The molecular weight excluding hydrogens is 358 g/mol. The zero-order chi connectivity index (χ0) is 19.5. The number of amides is 1. The predicted molar refractivity (Wildman–Crippen MR) is 104 cm³/mol. The molecule has 0 radical (unpaired) electrons. The third kappa shape index (κ3) is 4.29. The fourth-order valence-corrected chi connectivity index (χ4v) is 3.99. The number of carbonyl (C=O) groups excluding carboxylic acids is 1. The van der Waals surface area contributed by atoms with Gasteiger partial charge in [-0.2, -0.15) is 5.10 Å². The summed E-state index contributed by atoms with van der Waals surface area (Å²) in [4.78, 5) is 17.4. The number of aromatic nitrogens is 2. The number of morpholine rings is 1. The van der Waals surface area contributed by atoms with Crippen molar-refractivity contribution in [3.8, 4) is 0 Å². The van der Waals surface area contributed by atoms with Crippen LogP contribution in [-0.4, -0.2) is 71.4 Å². The molecule has 1 amide bonds. The van der Waals surface area contributed by atoms with Gasteiger partial charge in [0, 0.05) is 64.0 Å². The molecule has 0 unspecified atom stereocenters. The van der Waals surface area contributed by atoms with Gasteiger partial charge in [-0.15, -0.1) is 0 Å². The maximum Gasteiger partial charge on any atom is 0.272 e. The molecule has 4 heterocycles. The first kappa shape index (κ1) is 19.2. The van der Waals surface area contributed by atoms with Gasteiger partial charge in [0.1, 0.15) is 11.5 Å². The highest BCUT2D eigenvalue weighted by molar-refractivity contribution is 5.94. The Morgan fingerprint density at radius 3 is 2.79 bits per heavy atom. The molecule has 2 aliphatic rings. The zero-order valence-electron chi connectivity index (χ0n) is 16.7. The molecule has 0 atom stereocenters. The Morgan fingerprint density at radius 1 is 1.21 bits per heavy atom. The molecular formula is C20H29N5O3. The van der Waals surface area contributed by atoms with Gasteiger partial charge in [-0.3, -0.25) is 19.3 Å². The molecule has 0 bridgehead atoms. The van der Waals surface area contributed by atoms with Crippen LogP contribution in [0.4, 0.5) is 0 Å². The maximum absolute atomic E-state index is 12.8. The van der Waals surface area contributed by atoms with Crippen LogP contribution in [0, 0.1) is 6.92 Å². The van der Waals surface area contributed by atoms with E-state index in [2.05, 4.69) is 20.2 Å². The Kier molecular flexibility index (Phi) is 5.79. The summed E-state index contributed by atoms with van der Waals surface area (Å²) in [6.45, 7) is 9.22. The summed E-state index contributed by atoms with van der Waals surface area (Å²) in [5, 5.41) is 7.57. The molecule has 1 fully saturated rings. The highest BCUT2D eigenvalue weighted by Gasteiger charge is 2.27. The highest BCUT2D eigenvalue weighted by atomic mass is 16.5. The molecule has 0 saturated carbocycles. The number of hydrogen-bond donors (Lipinski definition) is 1. The van der Waals surface area contributed by atoms with Crippen LogP contribution in [-0.2, 0) is 31.3 Å². The molecule has 1 N–H and O–H groups in total. The van der Waals surface area contributed by atoms with Crippen LogP contribution >= 0.6 is 0 Å². The molecule has 0 spiro atoms. The molecule has 1 saturated heterocycles. The van der Waals surface area contributed by atoms with Crippen LogP contribution in [0.15, 0.2) is 16.5 Å². The van der Waals surface area contributed by atoms with Crippen molar-refractivity contribution in [1.82, 2.24) is 24.9 Å². The van der Waals surface area contributed by atoms with E-state index in [1.54, 1.807) is 0 Å². The van der Waals surface area contributed by atoms with Crippen molar-refractivity contribution in [1.29, 1.82) is 0 Å². The van der Waals surface area contributed by atoms with Gasteiger partial charge in [0.05, 0.1) is 19.8 Å². The van der Waals surface area contributed by atoms with Gasteiger partial charge in [0.25, 0.3) is 5.91 Å². The fraction of sp³-hybridized carbons (Fsp3) is 0.600. The smallest absolute Gasteiger partial charge is 0.272 e. The number of nitrogens with zero attached hydrogens (tertiary/aromatic N) is 4. The van der Waals surface area contributed by atoms with E-state index < -0.39 is 0 Å². The Labute approximate surface area is 165 Å². The lowest BCUT2D eigenvalue weighted by Gasteiger charge is -2.27. The van der Waals surface area contributed by atoms with Crippen molar-refractivity contribution >= 4 is 5.91 Å². The van der Waals surface area contributed by atoms with Gasteiger partial charge >= 0.3 is 0 Å². The third-order valence-corrected chi connectivity index (χ3v) is 5.53. The summed E-state index contributed by atoms with van der Waals surface area (Å²) in [6.07, 6.45) is 0.888. The topological polar surface area (TPSA) is 75.8 Å². The van der Waals surface area contributed by atoms with E-state index >= 15 is 0 Å². The number of furan rings is 1. The van der Waals surface area contributed by atoms with Crippen molar-refractivity contribution in [2.45, 2.75) is 26.4 Å².